The lowest BCUT2D eigenvalue weighted by atomic mass is 10.1. The topological polar surface area (TPSA) is 29.1 Å². The highest BCUT2D eigenvalue weighted by molar-refractivity contribution is 6.04. The molecule has 0 atom stereocenters. The van der Waals surface area contributed by atoms with Gasteiger partial charge in [0.15, 0.2) is 0 Å². The summed E-state index contributed by atoms with van der Waals surface area (Å²) in [6.45, 7) is 3.36. The number of benzene rings is 2. The van der Waals surface area contributed by atoms with Crippen molar-refractivity contribution in [2.45, 2.75) is 13.8 Å². The number of carbonyl (C=O) groups is 1. The number of hydrogen-bond acceptors (Lipinski definition) is 1. The molecule has 0 bridgehead atoms. The van der Waals surface area contributed by atoms with Crippen LogP contribution in [0.15, 0.2) is 36.4 Å². The molecule has 0 saturated carbocycles. The maximum Gasteiger partial charge on any atom is 0.258 e. The first kappa shape index (κ1) is 13.2. The average molecular weight is 261 g/mol. The summed E-state index contributed by atoms with van der Waals surface area (Å²) < 4.78 is 27.0. The molecule has 98 valence electrons. The van der Waals surface area contributed by atoms with Gasteiger partial charge in [0.1, 0.15) is 11.6 Å². The number of nitrogens with one attached hydrogen (secondary N) is 1. The highest BCUT2D eigenvalue weighted by Crippen LogP contribution is 2.16. The fourth-order valence-electron chi connectivity index (χ4n) is 1.67. The van der Waals surface area contributed by atoms with Crippen molar-refractivity contribution in [3.63, 3.8) is 0 Å². The number of halogens is 2. The summed E-state index contributed by atoms with van der Waals surface area (Å²) in [7, 11) is 0. The Morgan fingerprint density at radius 1 is 1.00 bits per heavy atom. The third-order valence-corrected chi connectivity index (χ3v) is 2.80. The quantitative estimate of drug-likeness (QED) is 0.874. The van der Waals surface area contributed by atoms with Crippen LogP contribution in [-0.4, -0.2) is 5.91 Å². The van der Waals surface area contributed by atoms with Crippen molar-refractivity contribution < 1.29 is 13.6 Å². The number of amides is 1. The molecule has 0 unspecified atom stereocenters. The summed E-state index contributed by atoms with van der Waals surface area (Å²) in [6, 6.07) is 8.67. The van der Waals surface area contributed by atoms with E-state index in [2.05, 4.69) is 5.32 Å². The third-order valence-electron chi connectivity index (χ3n) is 2.80. The van der Waals surface area contributed by atoms with Gasteiger partial charge in [-0.15, -0.1) is 0 Å². The molecule has 19 heavy (non-hydrogen) atoms. The summed E-state index contributed by atoms with van der Waals surface area (Å²) in [6.07, 6.45) is 0. The summed E-state index contributed by atoms with van der Waals surface area (Å²) in [4.78, 5) is 11.9. The Bertz CT molecular complexity index is 638. The van der Waals surface area contributed by atoms with Crippen molar-refractivity contribution in [1.29, 1.82) is 0 Å². The number of hydrogen-bond donors (Lipinski definition) is 1. The van der Waals surface area contributed by atoms with Gasteiger partial charge in [-0.3, -0.25) is 4.79 Å². The fraction of sp³-hybridized carbons (Fsp3) is 0.133. The maximum atomic E-state index is 13.6. The van der Waals surface area contributed by atoms with E-state index in [1.807, 2.05) is 0 Å². The van der Waals surface area contributed by atoms with E-state index in [0.717, 1.165) is 5.56 Å². The van der Waals surface area contributed by atoms with Crippen molar-refractivity contribution in [2.75, 3.05) is 5.32 Å². The molecule has 0 fully saturated rings. The van der Waals surface area contributed by atoms with Crippen LogP contribution in [0.25, 0.3) is 0 Å². The minimum Gasteiger partial charge on any atom is -0.322 e. The largest absolute Gasteiger partial charge is 0.322 e. The lowest BCUT2D eigenvalue weighted by Gasteiger charge is -2.07. The fourth-order valence-corrected chi connectivity index (χ4v) is 1.67. The molecule has 2 aromatic rings. The lowest BCUT2D eigenvalue weighted by Crippen LogP contribution is -2.14. The van der Waals surface area contributed by atoms with Crippen molar-refractivity contribution in [1.82, 2.24) is 0 Å². The van der Waals surface area contributed by atoms with Crippen molar-refractivity contribution in [2.24, 2.45) is 0 Å². The Morgan fingerprint density at radius 3 is 2.37 bits per heavy atom. The Balaban J connectivity index is 2.23. The minimum atomic E-state index is -0.597. The Hall–Kier alpha value is -2.23. The first-order valence-electron chi connectivity index (χ1n) is 5.81. The van der Waals surface area contributed by atoms with Gasteiger partial charge in [0.25, 0.3) is 5.91 Å². The molecule has 2 nitrogen and oxygen atoms in total. The second-order valence-corrected chi connectivity index (χ2v) is 4.40. The van der Waals surface area contributed by atoms with Crippen LogP contribution in [0.2, 0.25) is 0 Å². The van der Waals surface area contributed by atoms with Gasteiger partial charge in [-0.25, -0.2) is 8.78 Å². The molecule has 0 heterocycles. The van der Waals surface area contributed by atoms with E-state index in [9.17, 15) is 13.6 Å². The number of carbonyl (C=O) groups excluding carboxylic acids is 1. The summed E-state index contributed by atoms with van der Waals surface area (Å²) >= 11 is 0. The van der Waals surface area contributed by atoms with E-state index in [1.165, 1.54) is 18.2 Å². The maximum absolute atomic E-state index is 13.6. The van der Waals surface area contributed by atoms with Crippen LogP contribution in [0.1, 0.15) is 21.5 Å². The zero-order chi connectivity index (χ0) is 14.0. The number of aryl methyl sites for hydroxylation is 2. The predicted octanol–water partition coefficient (Wildman–Crippen LogP) is 3.83. The number of rotatable bonds is 2. The van der Waals surface area contributed by atoms with E-state index in [1.54, 1.807) is 32.0 Å². The molecule has 0 radical (unpaired) electrons. The van der Waals surface area contributed by atoms with Crippen molar-refractivity contribution >= 4 is 11.6 Å². The zero-order valence-corrected chi connectivity index (χ0v) is 10.6. The Labute approximate surface area is 110 Å². The van der Waals surface area contributed by atoms with Crippen molar-refractivity contribution in [3.8, 4) is 0 Å². The SMILES string of the molecule is Cc1ccc(C(=O)Nc2ccc(C)c(F)c2)c(F)c1. The van der Waals surface area contributed by atoms with Crippen LogP contribution in [0.5, 0.6) is 0 Å². The van der Waals surface area contributed by atoms with Crippen LogP contribution in [-0.2, 0) is 0 Å². The standard InChI is InChI=1S/C15H13F2NO/c1-9-3-6-12(14(17)7-9)15(19)18-11-5-4-10(2)13(16)8-11/h3-8H,1-2H3,(H,18,19). The van der Waals surface area contributed by atoms with Crippen molar-refractivity contribution in [3.05, 3.63) is 64.7 Å². The molecule has 0 spiro atoms. The molecule has 0 aromatic heterocycles. The zero-order valence-electron chi connectivity index (χ0n) is 10.6. The van der Waals surface area contributed by atoms with Crippen LogP contribution in [0, 0.1) is 25.5 Å². The van der Waals surface area contributed by atoms with Gasteiger partial charge >= 0.3 is 0 Å². The van der Waals surface area contributed by atoms with Gasteiger partial charge in [0.2, 0.25) is 0 Å². The molecule has 0 saturated heterocycles. The molecule has 2 aromatic carbocycles. The number of anilines is 1. The molecule has 0 aliphatic rings. The molecule has 1 N–H and O–H groups in total. The lowest BCUT2D eigenvalue weighted by molar-refractivity contribution is 0.102. The Kier molecular flexibility index (Phi) is 3.60. The highest BCUT2D eigenvalue weighted by Gasteiger charge is 2.12. The van der Waals surface area contributed by atoms with Crippen LogP contribution in [0.4, 0.5) is 14.5 Å². The van der Waals surface area contributed by atoms with Gasteiger partial charge in [-0.2, -0.15) is 0 Å². The minimum absolute atomic E-state index is 0.0633. The van der Waals surface area contributed by atoms with Crippen LogP contribution < -0.4 is 5.32 Å². The predicted molar refractivity (Wildman–Crippen MR) is 70.2 cm³/mol. The monoisotopic (exact) mass is 261 g/mol. The molecule has 0 aliphatic heterocycles. The van der Waals surface area contributed by atoms with Gasteiger partial charge in [-0.05, 0) is 49.2 Å². The van der Waals surface area contributed by atoms with E-state index in [4.69, 9.17) is 0 Å². The van der Waals surface area contributed by atoms with Crippen LogP contribution in [0.3, 0.4) is 0 Å². The first-order valence-corrected chi connectivity index (χ1v) is 5.81. The second kappa shape index (κ2) is 5.18. The third kappa shape index (κ3) is 2.96. The molecular weight excluding hydrogens is 248 g/mol. The van der Waals surface area contributed by atoms with Gasteiger partial charge < -0.3 is 5.32 Å². The van der Waals surface area contributed by atoms with E-state index < -0.39 is 17.5 Å². The summed E-state index contributed by atoms with van der Waals surface area (Å²) in [5.74, 6) is -1.60. The molecule has 1 amide bonds. The van der Waals surface area contributed by atoms with E-state index >= 15 is 0 Å². The molecule has 4 heteroatoms. The average Bonchev–Trinajstić information content (AvgIpc) is 2.33. The Morgan fingerprint density at radius 2 is 1.74 bits per heavy atom. The summed E-state index contributed by atoms with van der Waals surface area (Å²) in [5.41, 5.74) is 1.45. The molecule has 2 rings (SSSR count). The summed E-state index contributed by atoms with van der Waals surface area (Å²) in [5, 5.41) is 2.47. The highest BCUT2D eigenvalue weighted by atomic mass is 19.1. The van der Waals surface area contributed by atoms with Crippen LogP contribution >= 0.6 is 0 Å². The van der Waals surface area contributed by atoms with E-state index in [0.29, 0.717) is 11.3 Å². The normalized spacial score (nSPS) is 10.3. The first-order chi connectivity index (χ1) is 8.97. The van der Waals surface area contributed by atoms with Gasteiger partial charge in [0, 0.05) is 5.69 Å². The molecular formula is C15H13F2NO. The molecule has 0 aliphatic carbocycles. The smallest absolute Gasteiger partial charge is 0.258 e. The van der Waals surface area contributed by atoms with Gasteiger partial charge in [0.05, 0.1) is 5.56 Å². The van der Waals surface area contributed by atoms with Gasteiger partial charge in [-0.1, -0.05) is 12.1 Å². The van der Waals surface area contributed by atoms with E-state index in [-0.39, 0.29) is 5.56 Å². The second-order valence-electron chi connectivity index (χ2n) is 4.40.